The van der Waals surface area contributed by atoms with E-state index in [1.54, 1.807) is 4.68 Å². The van der Waals surface area contributed by atoms with Crippen molar-refractivity contribution in [2.45, 2.75) is 26.2 Å². The van der Waals surface area contributed by atoms with Crippen molar-refractivity contribution in [3.63, 3.8) is 0 Å². The maximum absolute atomic E-state index is 12.2. The lowest BCUT2D eigenvalue weighted by Gasteiger charge is -2.24. The van der Waals surface area contributed by atoms with Gasteiger partial charge in [0.2, 0.25) is 12.7 Å². The molecule has 154 valence electrons. The minimum absolute atomic E-state index is 0.0921. The number of carbonyl (C=O) groups excluding carboxylic acids is 1. The van der Waals surface area contributed by atoms with E-state index in [0.717, 1.165) is 36.2 Å². The fourth-order valence-electron chi connectivity index (χ4n) is 3.49. The Hall–Kier alpha value is -3.55. The monoisotopic (exact) mass is 406 g/mol. The number of fused-ring (bicyclic) bond motifs is 1. The summed E-state index contributed by atoms with van der Waals surface area (Å²) in [6, 6.07) is 13.5. The minimum atomic E-state index is 0.0921. The normalized spacial score (nSPS) is 15.0. The first-order chi connectivity index (χ1) is 14.7. The van der Waals surface area contributed by atoms with Gasteiger partial charge < -0.3 is 19.5 Å². The number of rotatable bonds is 6. The molecule has 1 fully saturated rings. The molecule has 5 rings (SSSR count). The van der Waals surface area contributed by atoms with Gasteiger partial charge in [-0.25, -0.2) is 4.68 Å². The van der Waals surface area contributed by atoms with E-state index in [4.69, 9.17) is 14.2 Å². The minimum Gasteiger partial charge on any atom is -0.463 e. The smallest absolute Gasteiger partial charge is 0.336 e. The first-order valence-corrected chi connectivity index (χ1v) is 10.1. The molecule has 1 saturated carbocycles. The van der Waals surface area contributed by atoms with Gasteiger partial charge in [-0.1, -0.05) is 6.42 Å². The van der Waals surface area contributed by atoms with Gasteiger partial charge in [-0.3, -0.25) is 4.79 Å². The number of hydrogen-bond acceptors (Lipinski definition) is 6. The number of ether oxygens (including phenoxy) is 3. The Labute approximate surface area is 173 Å². The van der Waals surface area contributed by atoms with Crippen molar-refractivity contribution in [1.82, 2.24) is 14.8 Å². The Bertz CT molecular complexity index is 1070. The number of aromatic nitrogens is 3. The molecule has 0 unspecified atom stereocenters. The molecule has 1 aromatic heterocycles. The number of nitrogens with one attached hydrogen (secondary N) is 1. The van der Waals surface area contributed by atoms with Crippen LogP contribution in [0.3, 0.4) is 0 Å². The fourth-order valence-corrected chi connectivity index (χ4v) is 3.49. The molecule has 2 aliphatic rings. The van der Waals surface area contributed by atoms with Crippen LogP contribution in [0.15, 0.2) is 42.5 Å². The number of carbonyl (C=O) groups is 1. The predicted octanol–water partition coefficient (Wildman–Crippen LogP) is 3.80. The van der Waals surface area contributed by atoms with Crippen molar-refractivity contribution in [3.05, 3.63) is 42.5 Å². The third-order valence-electron chi connectivity index (χ3n) is 5.35. The molecule has 1 amide bonds. The van der Waals surface area contributed by atoms with E-state index >= 15 is 0 Å². The molecule has 0 bridgehead atoms. The number of nitrogens with zero attached hydrogens (tertiary/aromatic N) is 3. The molecule has 0 atom stereocenters. The Morgan fingerprint density at radius 3 is 2.70 bits per heavy atom. The van der Waals surface area contributed by atoms with E-state index in [-0.39, 0.29) is 18.6 Å². The summed E-state index contributed by atoms with van der Waals surface area (Å²) in [6.45, 7) is 2.57. The second kappa shape index (κ2) is 7.70. The highest BCUT2D eigenvalue weighted by Crippen LogP contribution is 2.36. The van der Waals surface area contributed by atoms with Crippen LogP contribution in [0.4, 0.5) is 5.69 Å². The summed E-state index contributed by atoms with van der Waals surface area (Å²) in [5, 5.41) is 7.49. The van der Waals surface area contributed by atoms with E-state index in [9.17, 15) is 4.79 Å². The van der Waals surface area contributed by atoms with Gasteiger partial charge in [0.15, 0.2) is 17.3 Å². The maximum atomic E-state index is 12.2. The van der Waals surface area contributed by atoms with Crippen LogP contribution in [0.1, 0.15) is 26.2 Å². The highest BCUT2D eigenvalue weighted by molar-refractivity contribution is 5.93. The largest absolute Gasteiger partial charge is 0.463 e. The summed E-state index contributed by atoms with van der Waals surface area (Å²) in [6.07, 6.45) is 3.08. The van der Waals surface area contributed by atoms with Crippen molar-refractivity contribution in [3.8, 4) is 34.6 Å². The quantitative estimate of drug-likeness (QED) is 0.670. The third kappa shape index (κ3) is 3.45. The first kappa shape index (κ1) is 18.5. The highest BCUT2D eigenvalue weighted by Gasteiger charge is 2.25. The van der Waals surface area contributed by atoms with E-state index in [0.29, 0.717) is 29.9 Å². The van der Waals surface area contributed by atoms with Gasteiger partial charge in [-0.15, -0.1) is 5.10 Å². The summed E-state index contributed by atoms with van der Waals surface area (Å²) in [4.78, 5) is 16.7. The molecule has 2 heterocycles. The van der Waals surface area contributed by atoms with E-state index in [1.165, 1.54) is 0 Å². The van der Waals surface area contributed by atoms with Gasteiger partial charge in [0.25, 0.3) is 0 Å². The molecule has 8 nitrogen and oxygen atoms in total. The topological polar surface area (TPSA) is 87.5 Å². The summed E-state index contributed by atoms with van der Waals surface area (Å²) in [5.41, 5.74) is 2.41. The molecule has 1 aliphatic heterocycles. The van der Waals surface area contributed by atoms with Gasteiger partial charge in [-0.05, 0) is 62.2 Å². The zero-order valence-electron chi connectivity index (χ0n) is 16.6. The van der Waals surface area contributed by atoms with Crippen LogP contribution in [-0.4, -0.2) is 34.1 Å². The highest BCUT2D eigenvalue weighted by atomic mass is 16.7. The lowest BCUT2D eigenvalue weighted by molar-refractivity contribution is -0.122. The number of hydrogen-bond donors (Lipinski definition) is 1. The van der Waals surface area contributed by atoms with Crippen molar-refractivity contribution >= 4 is 11.6 Å². The molecule has 0 radical (unpaired) electrons. The summed E-state index contributed by atoms with van der Waals surface area (Å²) in [5.74, 6) is 2.25. The summed E-state index contributed by atoms with van der Waals surface area (Å²) < 4.78 is 18.1. The molecule has 8 heteroatoms. The van der Waals surface area contributed by atoms with E-state index in [2.05, 4.69) is 15.4 Å². The second-order valence-corrected chi connectivity index (χ2v) is 7.29. The second-order valence-electron chi connectivity index (χ2n) is 7.29. The first-order valence-electron chi connectivity index (χ1n) is 10.1. The Kier molecular flexibility index (Phi) is 4.74. The third-order valence-corrected chi connectivity index (χ3v) is 5.35. The standard InChI is InChI=1S/C22H22N4O4/c1-2-28-22-24-20(15-6-11-18-19(12-15)30-13-29-18)26(25-22)17-9-7-16(8-10-17)23-21(27)14-4-3-5-14/h6-12,14H,2-5,13H2,1H3,(H,23,27). The van der Waals surface area contributed by atoms with Crippen LogP contribution >= 0.6 is 0 Å². The SMILES string of the molecule is CCOc1nc(-c2ccc3c(c2)OCO3)n(-c2ccc(NC(=O)C3CCC3)cc2)n1. The molecule has 1 N–H and O–H groups in total. The van der Waals surface area contributed by atoms with E-state index in [1.807, 2.05) is 49.4 Å². The summed E-state index contributed by atoms with van der Waals surface area (Å²) >= 11 is 0. The number of benzene rings is 2. The maximum Gasteiger partial charge on any atom is 0.336 e. The zero-order chi connectivity index (χ0) is 20.5. The van der Waals surface area contributed by atoms with Gasteiger partial charge in [0.1, 0.15) is 0 Å². The van der Waals surface area contributed by atoms with Crippen molar-refractivity contribution in [2.75, 3.05) is 18.7 Å². The average Bonchev–Trinajstić information content (AvgIpc) is 3.34. The van der Waals surface area contributed by atoms with Crippen molar-refractivity contribution < 1.29 is 19.0 Å². The van der Waals surface area contributed by atoms with Crippen LogP contribution in [0, 0.1) is 5.92 Å². The van der Waals surface area contributed by atoms with Crippen LogP contribution in [0.2, 0.25) is 0 Å². The van der Waals surface area contributed by atoms with Gasteiger partial charge >= 0.3 is 6.01 Å². The fraction of sp³-hybridized carbons (Fsp3) is 0.318. The van der Waals surface area contributed by atoms with Gasteiger partial charge in [0, 0.05) is 17.2 Å². The molecular formula is C22H22N4O4. The number of anilines is 1. The molecule has 1 aliphatic carbocycles. The number of amides is 1. The van der Waals surface area contributed by atoms with Gasteiger partial charge in [-0.2, -0.15) is 4.98 Å². The Balaban J connectivity index is 1.45. The van der Waals surface area contributed by atoms with Crippen LogP contribution in [0.25, 0.3) is 17.1 Å². The van der Waals surface area contributed by atoms with Crippen LogP contribution < -0.4 is 19.5 Å². The molecule has 0 spiro atoms. The van der Waals surface area contributed by atoms with Crippen LogP contribution in [0.5, 0.6) is 17.5 Å². The molecule has 2 aromatic carbocycles. The Morgan fingerprint density at radius 1 is 1.17 bits per heavy atom. The van der Waals surface area contributed by atoms with E-state index < -0.39 is 0 Å². The van der Waals surface area contributed by atoms with Gasteiger partial charge in [0.05, 0.1) is 12.3 Å². The molecule has 3 aromatic rings. The predicted molar refractivity (Wildman–Crippen MR) is 110 cm³/mol. The lowest BCUT2D eigenvalue weighted by atomic mass is 9.85. The molecule has 30 heavy (non-hydrogen) atoms. The lowest BCUT2D eigenvalue weighted by Crippen LogP contribution is -2.27. The van der Waals surface area contributed by atoms with Crippen molar-refractivity contribution in [1.29, 1.82) is 0 Å². The average molecular weight is 406 g/mol. The van der Waals surface area contributed by atoms with Crippen LogP contribution in [-0.2, 0) is 4.79 Å². The Morgan fingerprint density at radius 2 is 1.97 bits per heavy atom. The molecule has 0 saturated heterocycles. The zero-order valence-corrected chi connectivity index (χ0v) is 16.6. The van der Waals surface area contributed by atoms with Crippen molar-refractivity contribution in [2.24, 2.45) is 5.92 Å². The molecular weight excluding hydrogens is 384 g/mol. The summed E-state index contributed by atoms with van der Waals surface area (Å²) in [7, 11) is 0.